The number of carbonyl (C=O) groups is 8. The summed E-state index contributed by atoms with van der Waals surface area (Å²) in [4.78, 5) is 123. The normalized spacial score (nSPS) is 14.7. The quantitative estimate of drug-likeness (QED) is 0.0101. The second-order valence-electron chi connectivity index (χ2n) is 47.4. The molecule has 1 aromatic rings. The SMILES string of the molecule is CC(C)(C)CC(CO[N+](=O)O)O[N+](=O)O.CC(C)(C)COC(=O)CCCC[C@]1(C)CCSS1.CC(C)(C)NCCS(=O)(=O)O.CC(C)Cc1ccc(C(C)C(=O)C(C)(C)C)cc1.CC/C=C\CC(=O)C(C)(C)C.CC/C=C\CC(=O)CC(C)(C)C.CC/C=C\CC(C)(C)C(=O)C(C)C.CC/C=C\CC(C)(C)C(=O)CC(C)(C)C.CCCCC(=O)CCCC(=O)[C@H](O)C(C)(C)COC(C)(C)C. The van der Waals surface area contributed by atoms with Crippen molar-refractivity contribution in [2.24, 2.45) is 60.6 Å². The first-order chi connectivity index (χ1) is 61.0. The molecule has 23 nitrogen and oxygen atoms in total. The number of Topliss-reactive ketones (excluding diaryl/α,β-unsaturated/α-hetero) is 7. The second kappa shape index (κ2) is 70.8. The summed E-state index contributed by atoms with van der Waals surface area (Å²) in [6.07, 6.45) is 33.3. The number of hydrogen-bond acceptors (Lipinski definition) is 20. The van der Waals surface area contributed by atoms with Crippen molar-refractivity contribution in [3.05, 3.63) is 93.8 Å². The van der Waals surface area contributed by atoms with Crippen LogP contribution in [0.3, 0.4) is 0 Å². The molecule has 1 aliphatic rings. The van der Waals surface area contributed by atoms with Crippen molar-refractivity contribution >= 4 is 78.2 Å². The highest BCUT2D eigenvalue weighted by molar-refractivity contribution is 8.77. The van der Waals surface area contributed by atoms with Gasteiger partial charge in [-0.1, -0.05) is 343 Å². The second-order valence-corrected chi connectivity index (χ2v) is 52.0. The predicted octanol–water partition coefficient (Wildman–Crippen LogP) is 28.5. The van der Waals surface area contributed by atoms with Crippen molar-refractivity contribution in [2.75, 3.05) is 37.9 Å². The fraction of sp³-hybridized carbons (Fsp3) is 0.798. The molecule has 0 bridgehead atoms. The maximum atomic E-state index is 12.2. The van der Waals surface area contributed by atoms with Crippen LogP contribution in [0.1, 0.15) is 442 Å². The Kier molecular flexibility index (Phi) is 74.6. The van der Waals surface area contributed by atoms with Crippen molar-refractivity contribution in [3.63, 3.8) is 0 Å². The van der Waals surface area contributed by atoms with E-state index in [0.29, 0.717) is 111 Å². The average Bonchev–Trinajstić information content (AvgIpc) is 1.82. The summed E-state index contributed by atoms with van der Waals surface area (Å²) < 4.78 is 40.2. The van der Waals surface area contributed by atoms with Gasteiger partial charge in [0.1, 0.15) is 50.6 Å². The number of esters is 1. The predicted molar refractivity (Wildman–Crippen MR) is 565 cm³/mol. The highest BCUT2D eigenvalue weighted by Gasteiger charge is 2.37. The van der Waals surface area contributed by atoms with Gasteiger partial charge in [-0.15, -0.1) is 0 Å². The maximum absolute atomic E-state index is 12.2. The minimum absolute atomic E-state index is 0.0156. The first kappa shape index (κ1) is 142. The van der Waals surface area contributed by atoms with Gasteiger partial charge >= 0.3 is 16.1 Å². The maximum Gasteiger partial charge on any atom is 0.475 e. The number of aliphatic hydroxyl groups is 1. The van der Waals surface area contributed by atoms with Crippen LogP contribution in [0.15, 0.2) is 72.9 Å². The van der Waals surface area contributed by atoms with Gasteiger partial charge in [-0.05, 0) is 164 Å². The highest BCUT2D eigenvalue weighted by atomic mass is 33.1. The molecule has 0 spiro atoms. The summed E-state index contributed by atoms with van der Waals surface area (Å²) in [6.45, 7) is 83.6. The summed E-state index contributed by atoms with van der Waals surface area (Å²) in [5.74, 6) is 3.48. The number of ketones is 7. The summed E-state index contributed by atoms with van der Waals surface area (Å²) >= 11 is 0. The topological polar surface area (TPSA) is 341 Å². The smallest absolute Gasteiger partial charge is 0.465 e. The van der Waals surface area contributed by atoms with Gasteiger partial charge in [-0.3, -0.25) is 42.9 Å². The molecule has 0 radical (unpaired) electrons. The van der Waals surface area contributed by atoms with Crippen LogP contribution in [0, 0.1) is 70.4 Å². The summed E-state index contributed by atoms with van der Waals surface area (Å²) in [5, 5.41) is 28.3. The molecule has 1 aliphatic heterocycles. The van der Waals surface area contributed by atoms with Gasteiger partial charge in [0, 0.05) is 119 Å². The number of aliphatic hydroxyl groups excluding tert-OH is 1. The van der Waals surface area contributed by atoms with E-state index in [2.05, 4.69) is 181 Å². The number of unbranched alkanes of at least 4 members (excludes halogenated alkanes) is 2. The number of rotatable bonds is 47. The molecule has 2 unspecified atom stereocenters. The molecule has 1 heterocycles. The summed E-state index contributed by atoms with van der Waals surface area (Å²) in [7, 11) is 0.190. The van der Waals surface area contributed by atoms with Gasteiger partial charge in [-0.25, -0.2) is 10.4 Å². The molecule has 0 aromatic heterocycles. The zero-order chi connectivity index (χ0) is 107. The Morgan fingerprint density at radius 3 is 1.41 bits per heavy atom. The van der Waals surface area contributed by atoms with Gasteiger partial charge in [0.05, 0.1) is 24.6 Å². The van der Waals surface area contributed by atoms with E-state index in [9.17, 15) is 61.7 Å². The lowest BCUT2D eigenvalue weighted by Gasteiger charge is -2.32. The lowest BCUT2D eigenvalue weighted by atomic mass is 9.77. The van der Waals surface area contributed by atoms with Gasteiger partial charge in [0.15, 0.2) is 5.78 Å². The Morgan fingerprint density at radius 2 is 1.02 bits per heavy atom. The van der Waals surface area contributed by atoms with Crippen LogP contribution < -0.4 is 5.32 Å². The standard InChI is InChI=1S/C18H34O4.C17H26O.C14H26O2S2.C14H26O.C12H22O.C11H20O.C10H18O.C7H16N2O6.C6H15NO3S/c1-7-8-10-14(19)11-9-12-15(20)16(21)18(5,6)13-22-17(2,3)4;1-12(2)11-14-7-9-15(10-8-14)13(3)16(18)17(4,5)6;1-13(2,3)11-16-12(15)7-5-6-8-14(4)9-10-17-18-14;1-7-8-9-10-14(5,6)12(15)11-13(2,3)4;1-6-7-8-9-12(4,5)11(13)10(2)3;1-5-6-7-8-10(12)9-11(2,3)4;1-5-6-7-8-9(11)10(2,3)4;1-7(2,3)4-6(15-9(12)13)5-14-8(10)11;1-6(2,3)7-4-5-11(8,9)10/h16,21H,7-13H2,1-6H3;7-10,12-13H,11H2,1-6H3;5-11H2,1-4H3;8-9H,7,10-11H2,1-6H3;7-8,10H,6,9H2,1-5H3;6-7H,5,8-9H2,1-4H3;6-7H,5,8H2,1-4H3;6H,4-5H2,1-3H3,(H,10,11)(H,12,13);7H,4-5H2,1-3H3,(H,8,9,10)/q;;;;;;;+2;/b;;;9-8-;8-7-;2*7-6-;;/t16-;;14-;;;;;;/m0.1....../s1. The van der Waals surface area contributed by atoms with Gasteiger partial charge in [0.25, 0.3) is 10.1 Å². The first-order valence-corrected chi connectivity index (χ1v) is 53.4. The van der Waals surface area contributed by atoms with E-state index in [1.807, 2.05) is 212 Å². The minimum Gasteiger partial charge on any atom is -0.465 e. The van der Waals surface area contributed by atoms with Crippen LogP contribution in [0.25, 0.3) is 0 Å². The molecule has 790 valence electrons. The van der Waals surface area contributed by atoms with Crippen LogP contribution in [-0.2, 0) is 74.0 Å². The van der Waals surface area contributed by atoms with E-state index < -0.39 is 37.9 Å². The highest BCUT2D eigenvalue weighted by Crippen LogP contribution is 2.49. The third-order valence-corrected chi connectivity index (χ3v) is 24.1. The van der Waals surface area contributed by atoms with E-state index in [1.54, 1.807) is 0 Å². The zero-order valence-corrected chi connectivity index (χ0v) is 95.7. The summed E-state index contributed by atoms with van der Waals surface area (Å²) in [6, 6.07) is 8.52. The molecule has 26 heteroatoms. The molecule has 135 heavy (non-hydrogen) atoms. The summed E-state index contributed by atoms with van der Waals surface area (Å²) in [5.41, 5.74) is 0.708. The Bertz CT molecular complexity index is 3700. The fourth-order valence-corrected chi connectivity index (χ4v) is 15.8. The number of carbonyl (C=O) groups excluding carboxylic acids is 8. The van der Waals surface area contributed by atoms with Crippen LogP contribution >= 0.6 is 21.6 Å². The molecule has 0 aliphatic carbocycles. The monoisotopic (exact) mass is 1970 g/mol. The fourth-order valence-electron chi connectivity index (χ4n) is 12.2. The van der Waals surface area contributed by atoms with Crippen molar-refractivity contribution in [2.45, 2.75) is 466 Å². The van der Waals surface area contributed by atoms with E-state index in [1.165, 1.54) is 24.2 Å². The molecule has 2 rings (SSSR count). The molecule has 1 saturated heterocycles. The lowest BCUT2D eigenvalue weighted by Crippen LogP contribution is -2.41. The molecular weight excluding hydrogens is 1770 g/mol. The first-order valence-electron chi connectivity index (χ1n) is 49.5. The molecule has 0 amide bonds. The molecule has 5 N–H and O–H groups in total. The molecule has 0 saturated carbocycles. The number of hydrogen-bond donors (Lipinski definition) is 5. The Morgan fingerprint density at radius 1 is 0.541 bits per heavy atom. The Balaban J connectivity index is -0.000000275. The molecule has 1 fully saturated rings. The van der Waals surface area contributed by atoms with Crippen molar-refractivity contribution in [1.29, 1.82) is 0 Å². The molecule has 1 aromatic carbocycles. The Hall–Kier alpha value is -5.77. The number of ether oxygens (including phenoxy) is 2. The lowest BCUT2D eigenvalue weighted by molar-refractivity contribution is -0.995. The molecule has 4 atom stereocenters. The number of nitrogens with zero attached hydrogens (tertiary/aromatic N) is 2. The van der Waals surface area contributed by atoms with Crippen LogP contribution in [0.5, 0.6) is 0 Å². The van der Waals surface area contributed by atoms with Crippen molar-refractivity contribution < 1.29 is 96.2 Å². The Labute approximate surface area is 832 Å². The van der Waals surface area contributed by atoms with Gasteiger partial charge in [0.2, 0.25) is 12.7 Å². The van der Waals surface area contributed by atoms with Crippen molar-refractivity contribution in [1.82, 2.24) is 5.32 Å². The van der Waals surface area contributed by atoms with Gasteiger partial charge < -0.3 is 19.9 Å². The third-order valence-electron chi connectivity index (χ3n) is 20.0. The number of nitrogens with one attached hydrogen (secondary N) is 1. The van der Waals surface area contributed by atoms with E-state index in [-0.39, 0.29) is 109 Å². The van der Waals surface area contributed by atoms with E-state index in [0.717, 1.165) is 76.2 Å². The number of benzene rings is 1. The van der Waals surface area contributed by atoms with Crippen molar-refractivity contribution in [3.8, 4) is 0 Å². The van der Waals surface area contributed by atoms with Crippen LogP contribution in [0.2, 0.25) is 0 Å². The van der Waals surface area contributed by atoms with Crippen LogP contribution in [-0.4, -0.2) is 151 Å². The largest absolute Gasteiger partial charge is 0.475 e. The minimum atomic E-state index is -3.81. The van der Waals surface area contributed by atoms with Gasteiger partial charge in [-0.2, -0.15) is 18.1 Å². The van der Waals surface area contributed by atoms with E-state index >= 15 is 0 Å². The zero-order valence-electron chi connectivity index (χ0n) is 93.3. The average molecular weight is 1970 g/mol. The van der Waals surface area contributed by atoms with Crippen LogP contribution in [0.4, 0.5) is 0 Å². The number of allylic oxidation sites excluding steroid dienone is 8. The third kappa shape index (κ3) is 93.0. The van der Waals surface area contributed by atoms with E-state index in [4.69, 9.17) is 24.4 Å². The molecular formula is C109H203N3O20S3+2.